The highest BCUT2D eigenvalue weighted by atomic mass is 16.5. The van der Waals surface area contributed by atoms with E-state index < -0.39 is 0 Å². The Kier molecular flexibility index (Phi) is 4.25. The van der Waals surface area contributed by atoms with Crippen molar-refractivity contribution in [2.45, 2.75) is 51.4 Å². The van der Waals surface area contributed by atoms with Crippen LogP contribution in [0.25, 0.3) is 0 Å². The van der Waals surface area contributed by atoms with Gasteiger partial charge in [-0.25, -0.2) is 0 Å². The van der Waals surface area contributed by atoms with E-state index in [0.717, 1.165) is 37.1 Å². The molecule has 0 aromatic heterocycles. The maximum absolute atomic E-state index is 9.14. The van der Waals surface area contributed by atoms with Gasteiger partial charge in [-0.05, 0) is 43.9 Å². The molecule has 1 aromatic carbocycles. The molecule has 0 amide bonds. The summed E-state index contributed by atoms with van der Waals surface area (Å²) >= 11 is 0. The minimum absolute atomic E-state index is 0.00447. The molecule has 0 spiro atoms. The quantitative estimate of drug-likeness (QED) is 0.862. The van der Waals surface area contributed by atoms with Crippen LogP contribution in [-0.2, 0) is 11.3 Å². The second-order valence-electron chi connectivity index (χ2n) is 5.34. The lowest BCUT2D eigenvalue weighted by molar-refractivity contribution is -0.0708. The third-order valence-corrected chi connectivity index (χ3v) is 3.82. The van der Waals surface area contributed by atoms with Gasteiger partial charge in [-0.2, -0.15) is 0 Å². The molecular weight excluding hydrogens is 226 g/mol. The molecule has 1 saturated heterocycles. The first-order valence-electron chi connectivity index (χ1n) is 6.75. The topological polar surface area (TPSA) is 41.5 Å². The third-order valence-electron chi connectivity index (χ3n) is 3.82. The summed E-state index contributed by atoms with van der Waals surface area (Å²) in [5.74, 6) is 0. The predicted molar refractivity (Wildman–Crippen MR) is 73.7 cm³/mol. The molecule has 1 aromatic rings. The highest BCUT2D eigenvalue weighted by molar-refractivity contribution is 5.46. The summed E-state index contributed by atoms with van der Waals surface area (Å²) in [6, 6.07) is 8.44. The lowest BCUT2D eigenvalue weighted by Crippen LogP contribution is -2.41. The molecule has 2 N–H and O–H groups in total. The number of benzene rings is 1. The summed E-state index contributed by atoms with van der Waals surface area (Å²) < 4.78 is 5.85. The van der Waals surface area contributed by atoms with Gasteiger partial charge in [0.15, 0.2) is 0 Å². The Bertz CT molecular complexity index is 394. The lowest BCUT2D eigenvalue weighted by Gasteiger charge is -2.38. The van der Waals surface area contributed by atoms with Crippen LogP contribution >= 0.6 is 0 Å². The summed E-state index contributed by atoms with van der Waals surface area (Å²) in [7, 11) is 0. The highest BCUT2D eigenvalue weighted by Gasteiger charge is 2.31. The van der Waals surface area contributed by atoms with E-state index in [9.17, 15) is 0 Å². The van der Waals surface area contributed by atoms with Gasteiger partial charge < -0.3 is 15.2 Å². The molecule has 0 radical (unpaired) electrons. The first-order valence-corrected chi connectivity index (χ1v) is 6.75. The van der Waals surface area contributed by atoms with Crippen molar-refractivity contribution in [1.29, 1.82) is 0 Å². The van der Waals surface area contributed by atoms with Crippen molar-refractivity contribution in [3.05, 3.63) is 29.8 Å². The van der Waals surface area contributed by atoms with Crippen LogP contribution in [0.2, 0.25) is 0 Å². The van der Waals surface area contributed by atoms with Crippen molar-refractivity contribution in [3.8, 4) is 0 Å². The molecule has 3 nitrogen and oxygen atoms in total. The van der Waals surface area contributed by atoms with E-state index >= 15 is 0 Å². The average Bonchev–Trinajstić information content (AvgIpc) is 2.39. The van der Waals surface area contributed by atoms with E-state index in [1.54, 1.807) is 0 Å². The molecule has 1 aliphatic rings. The minimum Gasteiger partial charge on any atom is -0.392 e. The summed E-state index contributed by atoms with van der Waals surface area (Å²) in [6.07, 6.45) is 3.12. The standard InChI is InChI=1S/C15H23NO2/c1-3-15(2)10-14(7-8-18-15)16-13-6-4-5-12(9-13)11-17/h4-6,9,14,16-17H,3,7-8,10-11H2,1-2H3. The van der Waals surface area contributed by atoms with Crippen LogP contribution in [-0.4, -0.2) is 23.4 Å². The highest BCUT2D eigenvalue weighted by Crippen LogP contribution is 2.29. The van der Waals surface area contributed by atoms with Gasteiger partial charge in [-0.15, -0.1) is 0 Å². The fourth-order valence-electron chi connectivity index (χ4n) is 2.49. The molecule has 0 saturated carbocycles. The van der Waals surface area contributed by atoms with Crippen LogP contribution in [0, 0.1) is 0 Å². The second-order valence-corrected chi connectivity index (χ2v) is 5.34. The number of ether oxygens (including phenoxy) is 1. The molecule has 1 heterocycles. The normalized spacial score (nSPS) is 28.1. The largest absolute Gasteiger partial charge is 0.392 e. The Balaban J connectivity index is 2.00. The predicted octanol–water partition coefficient (Wildman–Crippen LogP) is 2.94. The lowest BCUT2D eigenvalue weighted by atomic mass is 9.90. The van der Waals surface area contributed by atoms with Crippen LogP contribution in [0.3, 0.4) is 0 Å². The zero-order valence-electron chi connectivity index (χ0n) is 11.3. The molecule has 1 aliphatic heterocycles. The van der Waals surface area contributed by atoms with Gasteiger partial charge in [-0.3, -0.25) is 0 Å². The second kappa shape index (κ2) is 5.72. The number of hydrogen-bond acceptors (Lipinski definition) is 3. The van der Waals surface area contributed by atoms with Gasteiger partial charge in [0.1, 0.15) is 0 Å². The van der Waals surface area contributed by atoms with Crippen LogP contribution in [0.4, 0.5) is 5.69 Å². The molecule has 18 heavy (non-hydrogen) atoms. The summed E-state index contributed by atoms with van der Waals surface area (Å²) in [5, 5.41) is 12.7. The van der Waals surface area contributed by atoms with E-state index in [0.29, 0.717) is 6.04 Å². The van der Waals surface area contributed by atoms with Gasteiger partial charge in [0.2, 0.25) is 0 Å². The van der Waals surface area contributed by atoms with E-state index in [2.05, 4.69) is 25.2 Å². The van der Waals surface area contributed by atoms with Gasteiger partial charge in [0.05, 0.1) is 12.2 Å². The minimum atomic E-state index is 0.00447. The van der Waals surface area contributed by atoms with Crippen molar-refractivity contribution in [2.75, 3.05) is 11.9 Å². The molecule has 2 rings (SSSR count). The molecule has 2 atom stereocenters. The molecule has 0 aliphatic carbocycles. The van der Waals surface area contributed by atoms with E-state index in [1.807, 2.05) is 18.2 Å². The van der Waals surface area contributed by atoms with Crippen molar-refractivity contribution in [3.63, 3.8) is 0 Å². The zero-order chi connectivity index (χ0) is 13.0. The Morgan fingerprint density at radius 3 is 3.06 bits per heavy atom. The number of aliphatic hydroxyl groups is 1. The van der Waals surface area contributed by atoms with E-state index in [4.69, 9.17) is 9.84 Å². The Hall–Kier alpha value is -1.06. The van der Waals surface area contributed by atoms with Crippen LogP contribution < -0.4 is 5.32 Å². The fraction of sp³-hybridized carbons (Fsp3) is 0.600. The molecular formula is C15H23NO2. The number of nitrogens with one attached hydrogen (secondary N) is 1. The van der Waals surface area contributed by atoms with Crippen molar-refractivity contribution >= 4 is 5.69 Å². The molecule has 2 unspecified atom stereocenters. The monoisotopic (exact) mass is 249 g/mol. The average molecular weight is 249 g/mol. The summed E-state index contributed by atoms with van der Waals surface area (Å²) in [5.41, 5.74) is 2.04. The van der Waals surface area contributed by atoms with Crippen molar-refractivity contribution in [1.82, 2.24) is 0 Å². The van der Waals surface area contributed by atoms with E-state index in [-0.39, 0.29) is 12.2 Å². The Morgan fingerprint density at radius 2 is 2.33 bits per heavy atom. The van der Waals surface area contributed by atoms with Crippen molar-refractivity contribution < 1.29 is 9.84 Å². The van der Waals surface area contributed by atoms with Crippen LogP contribution in [0.5, 0.6) is 0 Å². The van der Waals surface area contributed by atoms with E-state index in [1.165, 1.54) is 0 Å². The SMILES string of the molecule is CCC1(C)CC(Nc2cccc(CO)c2)CCO1. The number of anilines is 1. The van der Waals surface area contributed by atoms with Gasteiger partial charge in [0.25, 0.3) is 0 Å². The Labute approximate surface area is 109 Å². The smallest absolute Gasteiger partial charge is 0.0682 e. The third kappa shape index (κ3) is 3.24. The van der Waals surface area contributed by atoms with Crippen LogP contribution in [0.15, 0.2) is 24.3 Å². The number of rotatable bonds is 4. The zero-order valence-corrected chi connectivity index (χ0v) is 11.3. The van der Waals surface area contributed by atoms with Gasteiger partial charge >= 0.3 is 0 Å². The fourth-order valence-corrected chi connectivity index (χ4v) is 2.49. The van der Waals surface area contributed by atoms with Gasteiger partial charge in [-0.1, -0.05) is 19.1 Å². The molecule has 1 fully saturated rings. The summed E-state index contributed by atoms with van der Waals surface area (Å²) in [6.45, 7) is 5.28. The summed E-state index contributed by atoms with van der Waals surface area (Å²) in [4.78, 5) is 0. The molecule has 100 valence electrons. The molecule has 0 bridgehead atoms. The Morgan fingerprint density at radius 1 is 1.50 bits per heavy atom. The number of aliphatic hydroxyl groups excluding tert-OH is 1. The maximum atomic E-state index is 9.14. The first kappa shape index (κ1) is 13.4. The van der Waals surface area contributed by atoms with Crippen LogP contribution in [0.1, 0.15) is 38.7 Å². The maximum Gasteiger partial charge on any atom is 0.0682 e. The molecule has 3 heteroatoms. The van der Waals surface area contributed by atoms with Gasteiger partial charge in [0, 0.05) is 18.3 Å². The number of hydrogen-bond donors (Lipinski definition) is 2. The van der Waals surface area contributed by atoms with Crippen molar-refractivity contribution in [2.24, 2.45) is 0 Å². The first-order chi connectivity index (χ1) is 8.65.